The Morgan fingerprint density at radius 3 is 1.45 bits per heavy atom. The lowest BCUT2D eigenvalue weighted by Crippen LogP contribution is -2.29. The first kappa shape index (κ1) is 17.5. The van der Waals surface area contributed by atoms with Crippen molar-refractivity contribution < 1.29 is 19.8 Å². The molecule has 0 aliphatic heterocycles. The number of hydrogen-bond donors (Lipinski definition) is 0. The van der Waals surface area contributed by atoms with Crippen molar-refractivity contribution in [2.45, 2.75) is 50.6 Å². The highest BCUT2D eigenvalue weighted by Gasteiger charge is 2.28. The zero-order valence-corrected chi connectivity index (χ0v) is 11.3. The largest absolute Gasteiger partial charge is 0.550 e. The van der Waals surface area contributed by atoms with E-state index >= 15 is 0 Å². The molecule has 8 heteroatoms. The van der Waals surface area contributed by atoms with Crippen LogP contribution in [0.25, 0.3) is 0 Å². The molecular formula is C12H14N4O4-2. The fraction of sp³-hybridized carbons (Fsp3) is 0.667. The Morgan fingerprint density at radius 1 is 0.950 bits per heavy atom. The molecule has 0 aromatic carbocycles. The highest BCUT2D eigenvalue weighted by molar-refractivity contribution is 5.64. The number of aliphatic carboxylic acids is 2. The number of carbonyl (C=O) groups is 2. The molecule has 0 spiro atoms. The summed E-state index contributed by atoms with van der Waals surface area (Å²) in [6.07, 6.45) is -0.967. The minimum Gasteiger partial charge on any atom is -0.550 e. The number of hydrogen-bond acceptors (Lipinski definition) is 8. The van der Waals surface area contributed by atoms with Crippen LogP contribution in [0.1, 0.15) is 39.5 Å². The first-order valence-electron chi connectivity index (χ1n) is 5.83. The van der Waals surface area contributed by atoms with Gasteiger partial charge < -0.3 is 19.8 Å². The Kier molecular flexibility index (Phi) is 6.30. The molecule has 2 unspecified atom stereocenters. The molecule has 0 aromatic heterocycles. The quantitative estimate of drug-likeness (QED) is 0.522. The van der Waals surface area contributed by atoms with Crippen LogP contribution in [-0.2, 0) is 9.59 Å². The normalized spacial score (nSPS) is 16.6. The Balaban J connectivity index is 4.92. The van der Waals surface area contributed by atoms with Gasteiger partial charge in [-0.3, -0.25) is 0 Å². The van der Waals surface area contributed by atoms with E-state index in [2.05, 4.69) is 10.2 Å². The van der Waals surface area contributed by atoms with Crippen LogP contribution in [0.15, 0.2) is 10.2 Å². The molecule has 108 valence electrons. The topological polar surface area (TPSA) is 153 Å². The summed E-state index contributed by atoms with van der Waals surface area (Å²) in [5.74, 6) is -2.64. The maximum atomic E-state index is 10.4. The van der Waals surface area contributed by atoms with Crippen LogP contribution in [0.2, 0.25) is 0 Å². The van der Waals surface area contributed by atoms with E-state index < -0.39 is 23.0 Å². The van der Waals surface area contributed by atoms with E-state index in [1.807, 2.05) is 0 Å². The van der Waals surface area contributed by atoms with Crippen molar-refractivity contribution in [1.82, 2.24) is 0 Å². The summed E-state index contributed by atoms with van der Waals surface area (Å²) in [4.78, 5) is 20.8. The maximum absolute atomic E-state index is 10.4. The molecule has 0 radical (unpaired) electrons. The molecule has 0 rings (SSSR count). The zero-order chi connectivity index (χ0) is 15.8. The van der Waals surface area contributed by atoms with Crippen molar-refractivity contribution in [3.05, 3.63) is 0 Å². The number of azo groups is 1. The van der Waals surface area contributed by atoms with Gasteiger partial charge in [-0.1, -0.05) is 0 Å². The third-order valence-electron chi connectivity index (χ3n) is 2.60. The van der Waals surface area contributed by atoms with Gasteiger partial charge in [-0.15, -0.1) is 0 Å². The second-order valence-electron chi connectivity index (χ2n) is 4.72. The molecule has 20 heavy (non-hydrogen) atoms. The molecule has 0 aliphatic rings. The zero-order valence-electron chi connectivity index (χ0n) is 11.3. The summed E-state index contributed by atoms with van der Waals surface area (Å²) in [7, 11) is 0. The first-order valence-corrected chi connectivity index (χ1v) is 5.83. The van der Waals surface area contributed by atoms with E-state index in [4.69, 9.17) is 10.5 Å². The summed E-state index contributed by atoms with van der Waals surface area (Å²) < 4.78 is 0. The molecule has 8 nitrogen and oxygen atoms in total. The predicted octanol–water partition coefficient (Wildman–Crippen LogP) is -0.937. The third-order valence-corrected chi connectivity index (χ3v) is 2.60. The predicted molar refractivity (Wildman–Crippen MR) is 61.4 cm³/mol. The van der Waals surface area contributed by atoms with Gasteiger partial charge in [0.1, 0.15) is 0 Å². The summed E-state index contributed by atoms with van der Waals surface area (Å²) >= 11 is 0. The van der Waals surface area contributed by atoms with Gasteiger partial charge in [0.2, 0.25) is 0 Å². The fourth-order valence-corrected chi connectivity index (χ4v) is 1.17. The van der Waals surface area contributed by atoms with Crippen LogP contribution in [0, 0.1) is 22.7 Å². The van der Waals surface area contributed by atoms with E-state index in [1.165, 1.54) is 13.8 Å². The second kappa shape index (κ2) is 7.19. The number of rotatable bonds is 8. The second-order valence-corrected chi connectivity index (χ2v) is 4.72. The molecule has 0 bridgehead atoms. The lowest BCUT2D eigenvalue weighted by Gasteiger charge is -2.19. The average Bonchev–Trinajstić information content (AvgIpc) is 2.41. The lowest BCUT2D eigenvalue weighted by molar-refractivity contribution is -0.307. The van der Waals surface area contributed by atoms with Gasteiger partial charge in [0.05, 0.1) is 12.1 Å². The van der Waals surface area contributed by atoms with Crippen LogP contribution >= 0.6 is 0 Å². The molecule has 0 heterocycles. The minimum absolute atomic E-state index is 0.114. The number of carbonyl (C=O) groups excluding carboxylic acids is 2. The Labute approximate surface area is 116 Å². The number of nitriles is 2. The van der Waals surface area contributed by atoms with E-state index in [9.17, 15) is 19.8 Å². The summed E-state index contributed by atoms with van der Waals surface area (Å²) in [6, 6.07) is 3.61. The van der Waals surface area contributed by atoms with Crippen molar-refractivity contribution in [1.29, 1.82) is 10.5 Å². The van der Waals surface area contributed by atoms with Crippen molar-refractivity contribution in [2.24, 2.45) is 10.2 Å². The van der Waals surface area contributed by atoms with Crippen molar-refractivity contribution in [3.8, 4) is 12.1 Å². The summed E-state index contributed by atoms with van der Waals surface area (Å²) in [5.41, 5.74) is -2.81. The SMILES string of the molecule is CC(C#N)(CCC(=O)[O-])N=NC(C)(C#N)CCC(=O)[O-]. The third kappa shape index (κ3) is 6.45. The molecular weight excluding hydrogens is 264 g/mol. The molecule has 0 aliphatic carbocycles. The van der Waals surface area contributed by atoms with Crippen molar-refractivity contribution in [2.75, 3.05) is 0 Å². The van der Waals surface area contributed by atoms with Gasteiger partial charge in [-0.25, -0.2) is 0 Å². The van der Waals surface area contributed by atoms with Gasteiger partial charge >= 0.3 is 0 Å². The highest BCUT2D eigenvalue weighted by Crippen LogP contribution is 2.23. The monoisotopic (exact) mass is 278 g/mol. The van der Waals surface area contributed by atoms with Gasteiger partial charge in [-0.05, 0) is 39.5 Å². The van der Waals surface area contributed by atoms with Crippen molar-refractivity contribution in [3.63, 3.8) is 0 Å². The Bertz CT molecular complexity index is 447. The summed E-state index contributed by atoms with van der Waals surface area (Å²) in [6.45, 7) is 2.74. The Morgan fingerprint density at radius 2 is 1.25 bits per heavy atom. The molecule has 0 aromatic rings. The smallest absolute Gasteiger partial charge is 0.165 e. The van der Waals surface area contributed by atoms with Gasteiger partial charge in [0.15, 0.2) is 11.1 Å². The summed E-state index contributed by atoms with van der Waals surface area (Å²) in [5, 5.41) is 46.1. The number of carboxylic acids is 2. The van der Waals surface area contributed by atoms with E-state index in [0.29, 0.717) is 0 Å². The van der Waals surface area contributed by atoms with E-state index in [1.54, 1.807) is 12.1 Å². The van der Waals surface area contributed by atoms with Crippen LogP contribution in [-0.4, -0.2) is 23.0 Å². The van der Waals surface area contributed by atoms with Gasteiger partial charge in [-0.2, -0.15) is 20.8 Å². The highest BCUT2D eigenvalue weighted by atomic mass is 16.4. The van der Waals surface area contributed by atoms with Crippen LogP contribution in [0.3, 0.4) is 0 Å². The first-order chi connectivity index (χ1) is 9.16. The molecule has 0 N–H and O–H groups in total. The lowest BCUT2D eigenvalue weighted by atomic mass is 9.97. The van der Waals surface area contributed by atoms with Crippen LogP contribution in [0.5, 0.6) is 0 Å². The molecule has 2 atom stereocenters. The Hall–Kier alpha value is -2.48. The number of carboxylic acid groups (broad SMARTS) is 2. The average molecular weight is 278 g/mol. The van der Waals surface area contributed by atoms with Gasteiger partial charge in [0, 0.05) is 11.9 Å². The van der Waals surface area contributed by atoms with Crippen molar-refractivity contribution >= 4 is 11.9 Å². The molecule has 0 amide bonds. The fourth-order valence-electron chi connectivity index (χ4n) is 1.17. The maximum Gasteiger partial charge on any atom is 0.165 e. The standard InChI is InChI=1S/C12H16N4O4/c1-11(7-13,5-3-9(17)18)15-16-12(2,8-14)6-4-10(19)20/h3-6H2,1-2H3,(H,17,18)(H,19,20)/p-2. The van der Waals surface area contributed by atoms with Crippen LogP contribution in [0.4, 0.5) is 0 Å². The van der Waals surface area contributed by atoms with E-state index in [0.717, 1.165) is 0 Å². The van der Waals surface area contributed by atoms with Gasteiger partial charge in [0.25, 0.3) is 0 Å². The molecule has 0 fully saturated rings. The molecule has 0 saturated heterocycles. The minimum atomic E-state index is -1.40. The van der Waals surface area contributed by atoms with Crippen LogP contribution < -0.4 is 10.2 Å². The molecule has 0 saturated carbocycles. The van der Waals surface area contributed by atoms with E-state index in [-0.39, 0.29) is 25.7 Å². The number of nitrogens with zero attached hydrogens (tertiary/aromatic N) is 4.